The number of nitrogens with one attached hydrogen (secondary N) is 3. The number of rotatable bonds is 13. The van der Waals surface area contributed by atoms with Crippen molar-refractivity contribution in [3.05, 3.63) is 125 Å². The molecule has 3 amide bonds. The van der Waals surface area contributed by atoms with Gasteiger partial charge in [-0.1, -0.05) is 30.3 Å². The predicted octanol–water partition coefficient (Wildman–Crippen LogP) is 7.36. The molecule has 0 saturated heterocycles. The second-order valence-electron chi connectivity index (χ2n) is 9.96. The lowest BCUT2D eigenvalue weighted by Crippen LogP contribution is -2.30. The number of thiazole rings is 1. The summed E-state index contributed by atoms with van der Waals surface area (Å²) < 4.78 is 10.7. The molecule has 47 heavy (non-hydrogen) atoms. The molecule has 0 aliphatic heterocycles. The number of aromatic nitrogens is 1. The highest BCUT2D eigenvalue weighted by atomic mass is 32.2. The molecule has 0 saturated carbocycles. The Morgan fingerprint density at radius 3 is 2.23 bits per heavy atom. The predicted molar refractivity (Wildman–Crippen MR) is 188 cm³/mol. The van der Waals surface area contributed by atoms with Crippen LogP contribution in [0.25, 0.3) is 17.3 Å². The average molecular weight is 665 g/mol. The van der Waals surface area contributed by atoms with Crippen molar-refractivity contribution in [3.63, 3.8) is 0 Å². The molecule has 4 aromatic carbocycles. The second kappa shape index (κ2) is 16.3. The van der Waals surface area contributed by atoms with Gasteiger partial charge < -0.3 is 25.4 Å². The molecule has 0 fully saturated rings. The van der Waals surface area contributed by atoms with Crippen LogP contribution in [0, 0.1) is 0 Å². The monoisotopic (exact) mass is 664 g/mol. The van der Waals surface area contributed by atoms with Crippen LogP contribution in [0.2, 0.25) is 0 Å². The van der Waals surface area contributed by atoms with E-state index in [2.05, 4.69) is 20.9 Å². The Morgan fingerprint density at radius 1 is 0.851 bits per heavy atom. The molecule has 1 aromatic heterocycles. The van der Waals surface area contributed by atoms with Gasteiger partial charge in [0.15, 0.2) is 5.13 Å². The molecule has 3 N–H and O–H groups in total. The van der Waals surface area contributed by atoms with Crippen LogP contribution in [-0.2, 0) is 9.59 Å². The number of hydrogen-bond donors (Lipinski definition) is 3. The first-order valence-electron chi connectivity index (χ1n) is 14.6. The van der Waals surface area contributed by atoms with E-state index in [1.807, 2.05) is 54.8 Å². The number of anilines is 2. The number of carbonyl (C=O) groups is 3. The van der Waals surface area contributed by atoms with Crippen LogP contribution < -0.4 is 25.4 Å². The molecule has 5 aromatic rings. The van der Waals surface area contributed by atoms with Crippen LogP contribution in [0.15, 0.2) is 119 Å². The maximum atomic E-state index is 13.3. The maximum absolute atomic E-state index is 13.3. The van der Waals surface area contributed by atoms with E-state index in [-0.39, 0.29) is 17.4 Å². The average Bonchev–Trinajstić information content (AvgIpc) is 3.57. The maximum Gasteiger partial charge on any atom is 0.272 e. The third kappa shape index (κ3) is 9.55. The van der Waals surface area contributed by atoms with E-state index in [0.29, 0.717) is 34.3 Å². The summed E-state index contributed by atoms with van der Waals surface area (Å²) in [5, 5.41) is 10.9. The molecule has 238 valence electrons. The molecule has 1 heterocycles. The molecular weight excluding hydrogens is 633 g/mol. The van der Waals surface area contributed by atoms with Crippen molar-refractivity contribution < 1.29 is 23.9 Å². The van der Waals surface area contributed by atoms with Crippen molar-refractivity contribution in [3.8, 4) is 22.8 Å². The zero-order chi connectivity index (χ0) is 33.0. The normalized spacial score (nSPS) is 11.0. The fourth-order valence-electron chi connectivity index (χ4n) is 4.30. The zero-order valence-corrected chi connectivity index (χ0v) is 27.3. The minimum absolute atomic E-state index is 0.0759. The Morgan fingerprint density at radius 2 is 1.55 bits per heavy atom. The molecular formula is C36H32N4O5S2. The number of carbonyl (C=O) groups excluding carboxylic acids is 3. The van der Waals surface area contributed by atoms with Crippen LogP contribution in [0.3, 0.4) is 0 Å². The summed E-state index contributed by atoms with van der Waals surface area (Å²) in [5.41, 5.74) is 3.46. The SMILES string of the molecule is CCOc1ccc(-c2csc(NC(=O)CSc3ccc(NC(=O)/C(=C/c4ccc(OC)cc4)NC(=O)c4ccccc4)cc3)n2)cc1. The van der Waals surface area contributed by atoms with Crippen LogP contribution in [0.4, 0.5) is 10.8 Å². The molecule has 0 spiro atoms. The van der Waals surface area contributed by atoms with Crippen molar-refractivity contribution in [2.75, 3.05) is 30.1 Å². The van der Waals surface area contributed by atoms with Gasteiger partial charge >= 0.3 is 0 Å². The number of methoxy groups -OCH3 is 1. The van der Waals surface area contributed by atoms with Gasteiger partial charge in [0.05, 0.1) is 25.2 Å². The summed E-state index contributed by atoms with van der Waals surface area (Å²) >= 11 is 2.72. The molecule has 0 aliphatic carbocycles. The largest absolute Gasteiger partial charge is 0.497 e. The number of benzene rings is 4. The van der Waals surface area contributed by atoms with E-state index in [1.54, 1.807) is 73.8 Å². The van der Waals surface area contributed by atoms with Gasteiger partial charge in [0.1, 0.15) is 17.2 Å². The van der Waals surface area contributed by atoms with Gasteiger partial charge in [-0.25, -0.2) is 4.98 Å². The van der Waals surface area contributed by atoms with Gasteiger partial charge in [-0.15, -0.1) is 23.1 Å². The van der Waals surface area contributed by atoms with E-state index >= 15 is 0 Å². The lowest BCUT2D eigenvalue weighted by molar-refractivity contribution is -0.114. The minimum Gasteiger partial charge on any atom is -0.497 e. The Bertz CT molecular complexity index is 1840. The van der Waals surface area contributed by atoms with E-state index in [1.165, 1.54) is 23.1 Å². The molecule has 9 nitrogen and oxygen atoms in total. The first-order chi connectivity index (χ1) is 22.9. The van der Waals surface area contributed by atoms with Crippen LogP contribution in [0.1, 0.15) is 22.8 Å². The van der Waals surface area contributed by atoms with Gasteiger partial charge in [-0.05, 0) is 91.4 Å². The summed E-state index contributed by atoms with van der Waals surface area (Å²) in [7, 11) is 1.57. The zero-order valence-electron chi connectivity index (χ0n) is 25.7. The Hall–Kier alpha value is -5.39. The fraction of sp³-hybridized carbons (Fsp3) is 0.111. The molecule has 0 bridgehead atoms. The molecule has 5 rings (SSSR count). The highest BCUT2D eigenvalue weighted by molar-refractivity contribution is 8.00. The molecule has 0 aliphatic rings. The van der Waals surface area contributed by atoms with Crippen molar-refractivity contribution in [1.29, 1.82) is 0 Å². The summed E-state index contributed by atoms with van der Waals surface area (Å²) in [5.74, 6) is 0.584. The Labute approximate surface area is 281 Å². The molecule has 11 heteroatoms. The van der Waals surface area contributed by atoms with Crippen LogP contribution in [0.5, 0.6) is 11.5 Å². The highest BCUT2D eigenvalue weighted by Gasteiger charge is 2.16. The quantitative estimate of drug-likeness (QED) is 0.0889. The topological polar surface area (TPSA) is 119 Å². The number of thioether (sulfide) groups is 1. The van der Waals surface area contributed by atoms with E-state index < -0.39 is 11.8 Å². The molecule has 0 atom stereocenters. The summed E-state index contributed by atoms with van der Waals surface area (Å²) in [6.07, 6.45) is 1.60. The van der Waals surface area contributed by atoms with Crippen LogP contribution in [-0.4, -0.2) is 42.2 Å². The third-order valence-electron chi connectivity index (χ3n) is 6.65. The standard InChI is InChI=1S/C36H32N4O5S2/c1-3-45-29-17-11-25(12-18-29)32-22-47-36(39-32)40-33(41)23-46-30-19-13-27(14-20-30)37-35(43)31(21-24-9-15-28(44-2)16-10-24)38-34(42)26-7-5-4-6-8-26/h4-22H,3,23H2,1-2H3,(H,37,43)(H,38,42)(H,39,40,41)/b31-21-. The summed E-state index contributed by atoms with van der Waals surface area (Å²) in [6, 6.07) is 30.6. The van der Waals surface area contributed by atoms with Gasteiger partial charge in [0, 0.05) is 27.1 Å². The first kappa shape index (κ1) is 33.0. The minimum atomic E-state index is -0.488. The van der Waals surface area contributed by atoms with Crippen molar-refractivity contribution >= 4 is 57.7 Å². The summed E-state index contributed by atoms with van der Waals surface area (Å²) in [4.78, 5) is 44.2. The van der Waals surface area contributed by atoms with Crippen LogP contribution >= 0.6 is 23.1 Å². The summed E-state index contributed by atoms with van der Waals surface area (Å²) in [6.45, 7) is 2.54. The van der Waals surface area contributed by atoms with E-state index in [9.17, 15) is 14.4 Å². The Kier molecular flexibility index (Phi) is 11.4. The van der Waals surface area contributed by atoms with Gasteiger partial charge in [0.2, 0.25) is 5.91 Å². The second-order valence-corrected chi connectivity index (χ2v) is 11.9. The molecule has 0 radical (unpaired) electrons. The van der Waals surface area contributed by atoms with Crippen molar-refractivity contribution in [2.45, 2.75) is 11.8 Å². The van der Waals surface area contributed by atoms with Crippen molar-refractivity contribution in [2.24, 2.45) is 0 Å². The third-order valence-corrected chi connectivity index (χ3v) is 8.42. The lowest BCUT2D eigenvalue weighted by atomic mass is 10.1. The van der Waals surface area contributed by atoms with Gasteiger partial charge in [0.25, 0.3) is 11.8 Å². The van der Waals surface area contributed by atoms with E-state index in [0.717, 1.165) is 21.9 Å². The number of amides is 3. The number of ether oxygens (including phenoxy) is 2. The lowest BCUT2D eigenvalue weighted by Gasteiger charge is -2.12. The van der Waals surface area contributed by atoms with Gasteiger partial charge in [-0.3, -0.25) is 14.4 Å². The number of hydrogen-bond acceptors (Lipinski definition) is 8. The number of nitrogens with zero attached hydrogens (tertiary/aromatic N) is 1. The Balaban J connectivity index is 1.17. The first-order valence-corrected chi connectivity index (χ1v) is 16.5. The van der Waals surface area contributed by atoms with Crippen molar-refractivity contribution in [1.82, 2.24) is 10.3 Å². The molecule has 0 unspecified atom stereocenters. The highest BCUT2D eigenvalue weighted by Crippen LogP contribution is 2.27. The van der Waals surface area contributed by atoms with E-state index in [4.69, 9.17) is 9.47 Å². The smallest absolute Gasteiger partial charge is 0.272 e. The fourth-order valence-corrected chi connectivity index (χ4v) is 5.73. The van der Waals surface area contributed by atoms with Gasteiger partial charge in [-0.2, -0.15) is 0 Å².